The maximum Gasteiger partial charge on any atom is 0.255 e. The molecule has 1 aromatic heterocycles. The fourth-order valence-electron chi connectivity index (χ4n) is 3.73. The molecule has 1 amide bonds. The van der Waals surface area contributed by atoms with Gasteiger partial charge >= 0.3 is 0 Å². The summed E-state index contributed by atoms with van der Waals surface area (Å²) in [7, 11) is 0. The van der Waals surface area contributed by atoms with Crippen molar-refractivity contribution in [2.24, 2.45) is 0 Å². The summed E-state index contributed by atoms with van der Waals surface area (Å²) >= 11 is 0. The van der Waals surface area contributed by atoms with E-state index in [-0.39, 0.29) is 5.91 Å². The van der Waals surface area contributed by atoms with Crippen molar-refractivity contribution in [2.45, 2.75) is 33.2 Å². The molecule has 0 bridgehead atoms. The summed E-state index contributed by atoms with van der Waals surface area (Å²) in [6.07, 6.45) is 4.18. The van der Waals surface area contributed by atoms with Crippen molar-refractivity contribution in [3.05, 3.63) is 77.1 Å². The molecule has 3 aromatic rings. The Labute approximate surface area is 166 Å². The van der Waals surface area contributed by atoms with Crippen LogP contribution in [0, 0.1) is 13.8 Å². The van der Waals surface area contributed by atoms with E-state index in [0.29, 0.717) is 12.1 Å². The largest absolute Gasteiger partial charge is 0.372 e. The van der Waals surface area contributed by atoms with Gasteiger partial charge < -0.3 is 10.2 Å². The number of aromatic nitrogens is 2. The van der Waals surface area contributed by atoms with Gasteiger partial charge in [-0.25, -0.2) is 4.68 Å². The Hall–Kier alpha value is -3.08. The predicted molar refractivity (Wildman–Crippen MR) is 112 cm³/mol. The first kappa shape index (κ1) is 18.3. The minimum atomic E-state index is -0.0972. The van der Waals surface area contributed by atoms with Crippen LogP contribution in [0.3, 0.4) is 0 Å². The molecule has 0 aliphatic carbocycles. The summed E-state index contributed by atoms with van der Waals surface area (Å²) < 4.78 is 1.81. The van der Waals surface area contributed by atoms with Crippen molar-refractivity contribution in [1.29, 1.82) is 0 Å². The van der Waals surface area contributed by atoms with E-state index >= 15 is 0 Å². The third kappa shape index (κ3) is 3.79. The molecule has 1 N–H and O–H groups in total. The Kier molecular flexibility index (Phi) is 5.15. The van der Waals surface area contributed by atoms with Crippen LogP contribution in [0.1, 0.15) is 40.0 Å². The monoisotopic (exact) mass is 374 g/mol. The highest BCUT2D eigenvalue weighted by molar-refractivity contribution is 5.95. The Morgan fingerprint density at radius 1 is 1.04 bits per heavy atom. The lowest BCUT2D eigenvalue weighted by Gasteiger charge is -2.17. The maximum absolute atomic E-state index is 12.7. The molecule has 2 aromatic carbocycles. The molecule has 1 fully saturated rings. The lowest BCUT2D eigenvalue weighted by Crippen LogP contribution is -2.23. The van der Waals surface area contributed by atoms with Crippen LogP contribution in [0.25, 0.3) is 5.69 Å². The summed E-state index contributed by atoms with van der Waals surface area (Å²) in [4.78, 5) is 15.1. The first-order chi connectivity index (χ1) is 13.6. The van der Waals surface area contributed by atoms with Gasteiger partial charge in [0.25, 0.3) is 5.91 Å². The van der Waals surface area contributed by atoms with Crippen LogP contribution in [0.4, 0.5) is 5.69 Å². The minimum absolute atomic E-state index is 0.0972. The molecule has 0 unspecified atom stereocenters. The Morgan fingerprint density at radius 3 is 2.50 bits per heavy atom. The number of hydrogen-bond donors (Lipinski definition) is 1. The van der Waals surface area contributed by atoms with E-state index in [1.165, 1.54) is 18.5 Å². The van der Waals surface area contributed by atoms with Gasteiger partial charge in [-0.15, -0.1) is 0 Å². The average Bonchev–Trinajstić information content (AvgIpc) is 3.36. The molecule has 0 atom stereocenters. The quantitative estimate of drug-likeness (QED) is 0.734. The molecule has 0 saturated carbocycles. The third-order valence-electron chi connectivity index (χ3n) is 5.36. The zero-order valence-electron chi connectivity index (χ0n) is 16.5. The summed E-state index contributed by atoms with van der Waals surface area (Å²) in [6, 6.07) is 16.6. The second kappa shape index (κ2) is 7.89. The van der Waals surface area contributed by atoms with Gasteiger partial charge in [0, 0.05) is 25.3 Å². The number of carbonyl (C=O) groups excluding carboxylic acids is 1. The van der Waals surface area contributed by atoms with Crippen LogP contribution in [-0.4, -0.2) is 28.8 Å². The smallest absolute Gasteiger partial charge is 0.255 e. The van der Waals surface area contributed by atoms with Gasteiger partial charge in [0.05, 0.1) is 23.1 Å². The number of aryl methyl sites for hydroxylation is 1. The van der Waals surface area contributed by atoms with E-state index in [1.54, 1.807) is 6.20 Å². The van der Waals surface area contributed by atoms with E-state index in [0.717, 1.165) is 35.6 Å². The zero-order chi connectivity index (χ0) is 19.5. The van der Waals surface area contributed by atoms with Crippen molar-refractivity contribution >= 4 is 11.6 Å². The highest BCUT2D eigenvalue weighted by atomic mass is 16.1. The van der Waals surface area contributed by atoms with Gasteiger partial charge in [-0.2, -0.15) is 5.10 Å². The molecule has 0 radical (unpaired) electrons. The molecule has 1 aliphatic heterocycles. The molecule has 144 valence electrons. The van der Waals surface area contributed by atoms with E-state index in [9.17, 15) is 4.79 Å². The van der Waals surface area contributed by atoms with Crippen molar-refractivity contribution in [1.82, 2.24) is 15.1 Å². The van der Waals surface area contributed by atoms with Crippen LogP contribution in [-0.2, 0) is 6.54 Å². The maximum atomic E-state index is 12.7. The lowest BCUT2D eigenvalue weighted by atomic mass is 10.2. The van der Waals surface area contributed by atoms with Gasteiger partial charge in [-0.1, -0.05) is 24.3 Å². The third-order valence-corrected chi connectivity index (χ3v) is 5.36. The number of anilines is 1. The molecule has 5 nitrogen and oxygen atoms in total. The van der Waals surface area contributed by atoms with Crippen molar-refractivity contribution in [3.63, 3.8) is 0 Å². The second-order valence-electron chi connectivity index (χ2n) is 7.44. The van der Waals surface area contributed by atoms with Crippen molar-refractivity contribution in [2.75, 3.05) is 18.0 Å². The molecule has 1 saturated heterocycles. The predicted octanol–water partition coefficient (Wildman–Crippen LogP) is 4.02. The zero-order valence-corrected chi connectivity index (χ0v) is 16.5. The average molecular weight is 374 g/mol. The van der Waals surface area contributed by atoms with Gasteiger partial charge in [0.1, 0.15) is 0 Å². The van der Waals surface area contributed by atoms with Gasteiger partial charge in [0.15, 0.2) is 0 Å². The fourth-order valence-corrected chi connectivity index (χ4v) is 3.73. The van der Waals surface area contributed by atoms with E-state index in [1.807, 2.05) is 36.7 Å². The second-order valence-corrected chi connectivity index (χ2v) is 7.44. The number of nitrogens with one attached hydrogen (secondary N) is 1. The van der Waals surface area contributed by atoms with Crippen LogP contribution in [0.15, 0.2) is 54.7 Å². The van der Waals surface area contributed by atoms with Gasteiger partial charge in [0.2, 0.25) is 0 Å². The number of rotatable bonds is 5. The fraction of sp³-hybridized carbons (Fsp3) is 0.304. The topological polar surface area (TPSA) is 50.2 Å². The van der Waals surface area contributed by atoms with E-state index in [4.69, 9.17) is 0 Å². The summed E-state index contributed by atoms with van der Waals surface area (Å²) in [5, 5.41) is 7.42. The van der Waals surface area contributed by atoms with Crippen LogP contribution in [0.2, 0.25) is 0 Å². The van der Waals surface area contributed by atoms with Gasteiger partial charge in [-0.05, 0) is 62.1 Å². The SMILES string of the molecule is Cc1cccc(-n2ncc(C(=O)NCc3ccc(N4CCCC4)cc3)c2C)c1. The highest BCUT2D eigenvalue weighted by Crippen LogP contribution is 2.20. The lowest BCUT2D eigenvalue weighted by molar-refractivity contribution is 0.0950. The van der Waals surface area contributed by atoms with Crippen LogP contribution >= 0.6 is 0 Å². The molecule has 0 spiro atoms. The Balaban J connectivity index is 1.41. The highest BCUT2D eigenvalue weighted by Gasteiger charge is 2.15. The Morgan fingerprint density at radius 2 is 1.79 bits per heavy atom. The Bertz CT molecular complexity index is 969. The molecular weight excluding hydrogens is 348 g/mol. The molecular formula is C23H26N4O. The summed E-state index contributed by atoms with van der Waals surface area (Å²) in [6.45, 7) is 6.76. The summed E-state index contributed by atoms with van der Waals surface area (Å²) in [5.41, 5.74) is 5.94. The van der Waals surface area contributed by atoms with Crippen molar-refractivity contribution in [3.8, 4) is 5.69 Å². The summed E-state index contributed by atoms with van der Waals surface area (Å²) in [5.74, 6) is -0.0972. The van der Waals surface area contributed by atoms with E-state index < -0.39 is 0 Å². The standard InChI is InChI=1S/C23H26N4O/c1-17-6-5-7-21(14-17)27-18(2)22(16-25-27)23(28)24-15-19-8-10-20(11-9-19)26-12-3-4-13-26/h5-11,14,16H,3-4,12-13,15H2,1-2H3,(H,24,28). The number of amides is 1. The minimum Gasteiger partial charge on any atom is -0.372 e. The number of hydrogen-bond acceptors (Lipinski definition) is 3. The van der Waals surface area contributed by atoms with Gasteiger partial charge in [-0.3, -0.25) is 4.79 Å². The molecule has 2 heterocycles. The molecule has 4 rings (SSSR count). The first-order valence-electron chi connectivity index (χ1n) is 9.85. The molecule has 5 heteroatoms. The van der Waals surface area contributed by atoms with Crippen molar-refractivity contribution < 1.29 is 4.79 Å². The molecule has 28 heavy (non-hydrogen) atoms. The van der Waals surface area contributed by atoms with E-state index in [2.05, 4.69) is 45.6 Å². The first-order valence-corrected chi connectivity index (χ1v) is 9.85. The molecule has 1 aliphatic rings. The van der Waals surface area contributed by atoms with Crippen LogP contribution in [0.5, 0.6) is 0 Å². The number of nitrogens with zero attached hydrogens (tertiary/aromatic N) is 3. The normalized spacial score (nSPS) is 13.7. The number of carbonyl (C=O) groups is 1. The number of benzene rings is 2. The van der Waals surface area contributed by atoms with Crippen LogP contribution < -0.4 is 10.2 Å².